The molecule has 0 bridgehead atoms. The van der Waals surface area contributed by atoms with Crippen LogP contribution in [0.25, 0.3) is 0 Å². The Kier molecular flexibility index (Phi) is 5.10. The maximum absolute atomic E-state index is 13.1. The highest BCUT2D eigenvalue weighted by Gasteiger charge is 2.22. The second-order valence-corrected chi connectivity index (χ2v) is 8.63. The van der Waals surface area contributed by atoms with Crippen molar-refractivity contribution < 1.29 is 4.79 Å². The molecule has 148 valence electrons. The van der Waals surface area contributed by atoms with Gasteiger partial charge in [-0.2, -0.15) is 0 Å². The second-order valence-electron chi connectivity index (χ2n) is 8.63. The van der Waals surface area contributed by atoms with E-state index >= 15 is 0 Å². The third kappa shape index (κ3) is 4.16. The van der Waals surface area contributed by atoms with E-state index in [1.54, 1.807) is 12.4 Å². The zero-order valence-corrected chi connectivity index (χ0v) is 17.3. The van der Waals surface area contributed by atoms with Gasteiger partial charge < -0.3 is 10.2 Å². The molecule has 1 amide bonds. The summed E-state index contributed by atoms with van der Waals surface area (Å²) in [6.07, 6.45) is 4.32. The lowest BCUT2D eigenvalue weighted by atomic mass is 9.86. The summed E-state index contributed by atoms with van der Waals surface area (Å²) in [5.41, 5.74) is 6.29. The topological polar surface area (TPSA) is 45.2 Å². The van der Waals surface area contributed by atoms with E-state index in [-0.39, 0.29) is 11.3 Å². The first-order chi connectivity index (χ1) is 13.9. The molecule has 4 rings (SSSR count). The molecule has 3 aromatic rings. The van der Waals surface area contributed by atoms with Crippen LogP contribution in [0.5, 0.6) is 0 Å². The molecule has 4 heteroatoms. The molecule has 0 radical (unpaired) electrons. The summed E-state index contributed by atoms with van der Waals surface area (Å²) in [4.78, 5) is 19.3. The number of benzene rings is 2. The minimum Gasteiger partial charge on any atom is -0.354 e. The van der Waals surface area contributed by atoms with Crippen molar-refractivity contribution in [3.8, 4) is 0 Å². The van der Waals surface area contributed by atoms with Crippen LogP contribution in [0.3, 0.4) is 0 Å². The molecule has 0 saturated heterocycles. The minimum absolute atomic E-state index is 0.0195. The van der Waals surface area contributed by atoms with Gasteiger partial charge in [0.05, 0.1) is 17.4 Å². The number of carbonyl (C=O) groups is 1. The van der Waals surface area contributed by atoms with Crippen LogP contribution in [0.1, 0.15) is 47.8 Å². The van der Waals surface area contributed by atoms with Gasteiger partial charge in [0.2, 0.25) is 0 Å². The number of para-hydroxylation sites is 1. The molecule has 1 N–H and O–H groups in total. The monoisotopic (exact) mass is 385 g/mol. The predicted octanol–water partition coefficient (Wildman–Crippen LogP) is 5.32. The molecule has 0 unspecified atom stereocenters. The summed E-state index contributed by atoms with van der Waals surface area (Å²) >= 11 is 0. The number of amides is 1. The zero-order valence-electron chi connectivity index (χ0n) is 17.3. The molecule has 1 aliphatic rings. The number of pyridine rings is 1. The van der Waals surface area contributed by atoms with Gasteiger partial charge >= 0.3 is 0 Å². The first-order valence-corrected chi connectivity index (χ1v) is 10.1. The summed E-state index contributed by atoms with van der Waals surface area (Å²) in [5.74, 6) is 0.0276. The van der Waals surface area contributed by atoms with Gasteiger partial charge in [-0.1, -0.05) is 63.2 Å². The summed E-state index contributed by atoms with van der Waals surface area (Å²) in [6.45, 7) is 7.97. The molecule has 0 saturated carbocycles. The molecular formula is C25H27N3O. The summed E-state index contributed by atoms with van der Waals surface area (Å²) in [6, 6.07) is 18.5. The molecule has 0 aliphatic carbocycles. The predicted molar refractivity (Wildman–Crippen MR) is 118 cm³/mol. The van der Waals surface area contributed by atoms with Crippen molar-refractivity contribution in [2.75, 3.05) is 11.9 Å². The highest BCUT2D eigenvalue weighted by atomic mass is 16.2. The van der Waals surface area contributed by atoms with E-state index in [0.29, 0.717) is 12.1 Å². The van der Waals surface area contributed by atoms with Crippen LogP contribution in [0.4, 0.5) is 11.4 Å². The van der Waals surface area contributed by atoms with Crippen molar-refractivity contribution in [2.45, 2.75) is 39.2 Å². The van der Waals surface area contributed by atoms with Crippen molar-refractivity contribution in [1.82, 2.24) is 9.88 Å². The normalized spacial score (nSPS) is 13.7. The van der Waals surface area contributed by atoms with Crippen molar-refractivity contribution in [3.05, 3.63) is 89.2 Å². The number of hydrogen-bond donors (Lipinski definition) is 1. The van der Waals surface area contributed by atoms with Gasteiger partial charge in [0.1, 0.15) is 0 Å². The molecule has 1 aliphatic heterocycles. The third-order valence-corrected chi connectivity index (χ3v) is 5.42. The molecule has 29 heavy (non-hydrogen) atoms. The van der Waals surface area contributed by atoms with E-state index in [1.807, 2.05) is 23.1 Å². The Hall–Kier alpha value is -3.14. The highest BCUT2D eigenvalue weighted by Crippen LogP contribution is 2.31. The standard InChI is InChI=1S/C25H27N3O/c1-25(2,3)22-10-6-7-11-23(22)27-21-14-20(15-26-16-21)24(29)28-13-12-18-8-4-5-9-19(18)17-28/h4-11,14-16,27H,12-13,17H2,1-3H3. The Morgan fingerprint density at radius 2 is 1.72 bits per heavy atom. The van der Waals surface area contributed by atoms with E-state index in [2.05, 4.69) is 67.5 Å². The van der Waals surface area contributed by atoms with E-state index in [0.717, 1.165) is 24.3 Å². The SMILES string of the molecule is CC(C)(C)c1ccccc1Nc1cncc(C(=O)N2CCc3ccccc3C2)c1. The lowest BCUT2D eigenvalue weighted by Gasteiger charge is -2.29. The third-order valence-electron chi connectivity index (χ3n) is 5.42. The number of fused-ring (bicyclic) bond motifs is 1. The summed E-state index contributed by atoms with van der Waals surface area (Å²) < 4.78 is 0. The first kappa shape index (κ1) is 19.2. The molecule has 1 aromatic heterocycles. The number of anilines is 2. The van der Waals surface area contributed by atoms with E-state index in [1.165, 1.54) is 16.7 Å². The minimum atomic E-state index is 0.0195. The Labute approximate surface area is 172 Å². The van der Waals surface area contributed by atoms with Gasteiger partial charge in [0.25, 0.3) is 5.91 Å². The highest BCUT2D eigenvalue weighted by molar-refractivity contribution is 5.95. The Balaban J connectivity index is 1.55. The second kappa shape index (κ2) is 7.70. The van der Waals surface area contributed by atoms with Gasteiger partial charge in [0, 0.05) is 25.0 Å². The molecular weight excluding hydrogens is 358 g/mol. The van der Waals surface area contributed by atoms with Crippen molar-refractivity contribution in [1.29, 1.82) is 0 Å². The van der Waals surface area contributed by atoms with Gasteiger partial charge in [-0.25, -0.2) is 0 Å². The summed E-state index contributed by atoms with van der Waals surface area (Å²) in [5, 5.41) is 3.46. The fourth-order valence-electron chi connectivity index (χ4n) is 3.88. The molecule has 2 heterocycles. The van der Waals surface area contributed by atoms with E-state index < -0.39 is 0 Å². The van der Waals surface area contributed by atoms with Gasteiger partial charge in [0.15, 0.2) is 0 Å². The maximum Gasteiger partial charge on any atom is 0.255 e. The van der Waals surface area contributed by atoms with E-state index in [9.17, 15) is 4.79 Å². The van der Waals surface area contributed by atoms with Crippen LogP contribution in [-0.4, -0.2) is 22.3 Å². The number of hydrogen-bond acceptors (Lipinski definition) is 3. The van der Waals surface area contributed by atoms with E-state index in [4.69, 9.17) is 0 Å². The average Bonchev–Trinajstić information content (AvgIpc) is 2.73. The Bertz CT molecular complexity index is 1040. The number of nitrogens with one attached hydrogen (secondary N) is 1. The molecule has 2 aromatic carbocycles. The van der Waals surface area contributed by atoms with Crippen LogP contribution < -0.4 is 5.32 Å². The zero-order chi connectivity index (χ0) is 20.4. The van der Waals surface area contributed by atoms with Crippen LogP contribution >= 0.6 is 0 Å². The van der Waals surface area contributed by atoms with Crippen molar-refractivity contribution in [2.24, 2.45) is 0 Å². The van der Waals surface area contributed by atoms with Crippen LogP contribution in [0.15, 0.2) is 67.0 Å². The lowest BCUT2D eigenvalue weighted by Crippen LogP contribution is -2.36. The Morgan fingerprint density at radius 1 is 1.00 bits per heavy atom. The first-order valence-electron chi connectivity index (χ1n) is 10.1. The molecule has 0 atom stereocenters. The van der Waals surface area contributed by atoms with Gasteiger partial charge in [-0.3, -0.25) is 9.78 Å². The molecule has 0 fully saturated rings. The fourth-order valence-corrected chi connectivity index (χ4v) is 3.88. The fraction of sp³-hybridized carbons (Fsp3) is 0.280. The smallest absolute Gasteiger partial charge is 0.255 e. The number of aromatic nitrogens is 1. The van der Waals surface area contributed by atoms with Gasteiger partial charge in [-0.15, -0.1) is 0 Å². The van der Waals surface area contributed by atoms with Crippen molar-refractivity contribution in [3.63, 3.8) is 0 Å². The molecule has 4 nitrogen and oxygen atoms in total. The number of rotatable bonds is 3. The van der Waals surface area contributed by atoms with Gasteiger partial charge in [-0.05, 0) is 40.7 Å². The largest absolute Gasteiger partial charge is 0.354 e. The van der Waals surface area contributed by atoms with Crippen LogP contribution in [-0.2, 0) is 18.4 Å². The van der Waals surface area contributed by atoms with Crippen LogP contribution in [0.2, 0.25) is 0 Å². The lowest BCUT2D eigenvalue weighted by molar-refractivity contribution is 0.0734. The summed E-state index contributed by atoms with van der Waals surface area (Å²) in [7, 11) is 0. The maximum atomic E-state index is 13.1. The molecule has 0 spiro atoms. The van der Waals surface area contributed by atoms with Crippen LogP contribution in [0, 0.1) is 0 Å². The number of nitrogens with zero attached hydrogens (tertiary/aromatic N) is 2. The average molecular weight is 386 g/mol. The Morgan fingerprint density at radius 3 is 2.52 bits per heavy atom. The quantitative estimate of drug-likeness (QED) is 0.663. The number of carbonyl (C=O) groups excluding carboxylic acids is 1. The van der Waals surface area contributed by atoms with Crippen molar-refractivity contribution >= 4 is 17.3 Å².